The largest absolute Gasteiger partial charge is 0.405 e. The molecule has 3 aromatic carbocycles. The van der Waals surface area contributed by atoms with Crippen LogP contribution in [-0.4, -0.2) is 60.0 Å². The lowest BCUT2D eigenvalue weighted by Gasteiger charge is -2.44. The molecule has 39 heavy (non-hydrogen) atoms. The van der Waals surface area contributed by atoms with Gasteiger partial charge in [-0.3, -0.25) is 14.5 Å². The SMILES string of the molecule is O=C1c2ccccc2CN1C1CN(CCCCC2(C(=O)NCC(F)(F)F)c3ccccc3-c3ccccc32)C1. The summed E-state index contributed by atoms with van der Waals surface area (Å²) in [4.78, 5) is 30.6. The summed E-state index contributed by atoms with van der Waals surface area (Å²) < 4.78 is 39.2. The van der Waals surface area contributed by atoms with Crippen molar-refractivity contribution in [3.05, 3.63) is 95.1 Å². The monoisotopic (exact) mass is 533 g/mol. The summed E-state index contributed by atoms with van der Waals surface area (Å²) in [5.74, 6) is -0.506. The maximum absolute atomic E-state index is 13.6. The van der Waals surface area contributed by atoms with Crippen LogP contribution in [0.3, 0.4) is 0 Å². The highest BCUT2D eigenvalue weighted by Crippen LogP contribution is 2.51. The summed E-state index contributed by atoms with van der Waals surface area (Å²) in [7, 11) is 0. The lowest BCUT2D eigenvalue weighted by atomic mass is 9.73. The van der Waals surface area contributed by atoms with E-state index in [1.807, 2.05) is 77.7 Å². The number of amides is 2. The Morgan fingerprint density at radius 2 is 1.46 bits per heavy atom. The Labute approximate surface area is 225 Å². The number of carbonyl (C=O) groups excluding carboxylic acids is 2. The van der Waals surface area contributed by atoms with Gasteiger partial charge in [0.25, 0.3) is 5.91 Å². The minimum atomic E-state index is -4.49. The van der Waals surface area contributed by atoms with Crippen LogP contribution < -0.4 is 5.32 Å². The molecule has 3 aliphatic rings. The van der Waals surface area contributed by atoms with Gasteiger partial charge in [0.05, 0.1) is 6.04 Å². The smallest absolute Gasteiger partial charge is 0.346 e. The maximum Gasteiger partial charge on any atom is 0.405 e. The number of nitrogens with zero attached hydrogens (tertiary/aromatic N) is 2. The molecule has 2 heterocycles. The van der Waals surface area contributed by atoms with Gasteiger partial charge in [-0.25, -0.2) is 0 Å². The van der Waals surface area contributed by atoms with Gasteiger partial charge in [0.15, 0.2) is 0 Å². The van der Waals surface area contributed by atoms with Gasteiger partial charge < -0.3 is 10.2 Å². The Balaban J connectivity index is 1.12. The molecule has 1 aliphatic carbocycles. The first-order chi connectivity index (χ1) is 18.8. The van der Waals surface area contributed by atoms with Crippen molar-refractivity contribution in [2.45, 2.75) is 43.4 Å². The van der Waals surface area contributed by atoms with Crippen LogP contribution in [0.15, 0.2) is 72.8 Å². The van der Waals surface area contributed by atoms with Gasteiger partial charge in [-0.2, -0.15) is 13.2 Å². The van der Waals surface area contributed by atoms with E-state index in [1.165, 1.54) is 0 Å². The minimum Gasteiger partial charge on any atom is -0.346 e. The van der Waals surface area contributed by atoms with Crippen LogP contribution in [0.5, 0.6) is 0 Å². The lowest BCUT2D eigenvalue weighted by Crippen LogP contribution is -2.59. The van der Waals surface area contributed by atoms with Gasteiger partial charge >= 0.3 is 6.18 Å². The number of rotatable bonds is 8. The number of halogens is 3. The Morgan fingerprint density at radius 1 is 0.872 bits per heavy atom. The number of likely N-dealkylation sites (tertiary alicyclic amines) is 1. The van der Waals surface area contributed by atoms with Crippen LogP contribution in [0, 0.1) is 0 Å². The van der Waals surface area contributed by atoms with Crippen LogP contribution in [0.4, 0.5) is 13.2 Å². The quantitative estimate of drug-likeness (QED) is 0.408. The van der Waals surface area contributed by atoms with Gasteiger partial charge in [0.1, 0.15) is 12.0 Å². The number of carbonyl (C=O) groups is 2. The first kappa shape index (κ1) is 25.6. The van der Waals surface area contributed by atoms with Gasteiger partial charge in [0.2, 0.25) is 5.91 Å². The summed E-state index contributed by atoms with van der Waals surface area (Å²) >= 11 is 0. The number of unbranched alkanes of at least 4 members (excludes halogenated alkanes) is 1. The molecule has 0 unspecified atom stereocenters. The van der Waals surface area contributed by atoms with E-state index in [4.69, 9.17) is 0 Å². The summed E-state index contributed by atoms with van der Waals surface area (Å²) in [6.07, 6.45) is -2.58. The van der Waals surface area contributed by atoms with Crippen molar-refractivity contribution in [3.8, 4) is 11.1 Å². The summed E-state index contributed by atoms with van der Waals surface area (Å²) in [5, 5.41) is 2.20. The molecular weight excluding hydrogens is 503 g/mol. The van der Waals surface area contributed by atoms with E-state index in [0.717, 1.165) is 59.4 Å². The Hall–Kier alpha value is -3.65. The maximum atomic E-state index is 13.6. The van der Waals surface area contributed by atoms with E-state index >= 15 is 0 Å². The Kier molecular flexibility index (Phi) is 6.46. The summed E-state index contributed by atoms with van der Waals surface area (Å²) in [6, 6.07) is 23.0. The number of hydrogen-bond donors (Lipinski definition) is 1. The standard InChI is InChI=1S/C31H30F3N3O2/c32-31(33,34)20-35-29(39)30(26-13-5-3-11-24(26)25-12-4-6-14-27(25)30)15-7-8-16-36-18-22(19-36)37-17-21-9-1-2-10-23(21)28(37)38/h1-6,9-14,22H,7-8,15-20H2,(H,35,39). The highest BCUT2D eigenvalue weighted by Gasteiger charge is 2.49. The number of fused-ring (bicyclic) bond motifs is 4. The molecule has 0 atom stereocenters. The summed E-state index contributed by atoms with van der Waals surface area (Å²) in [5.41, 5.74) is 4.04. The van der Waals surface area contributed by atoms with Crippen LogP contribution in [0.25, 0.3) is 11.1 Å². The molecule has 3 aromatic rings. The molecule has 1 N–H and O–H groups in total. The van der Waals surface area contributed by atoms with Crippen molar-refractivity contribution in [1.82, 2.24) is 15.1 Å². The molecule has 0 bridgehead atoms. The van der Waals surface area contributed by atoms with Gasteiger partial charge in [-0.05, 0) is 53.3 Å². The molecule has 1 fully saturated rings. The summed E-state index contributed by atoms with van der Waals surface area (Å²) in [6.45, 7) is 1.73. The normalized spacial score (nSPS) is 17.9. The second-order valence-electron chi connectivity index (χ2n) is 10.8. The van der Waals surface area contributed by atoms with Crippen molar-refractivity contribution in [3.63, 3.8) is 0 Å². The van der Waals surface area contributed by atoms with Gasteiger partial charge in [-0.1, -0.05) is 73.2 Å². The van der Waals surface area contributed by atoms with Gasteiger partial charge in [0, 0.05) is 25.2 Å². The molecule has 6 rings (SSSR count). The predicted octanol–water partition coefficient (Wildman–Crippen LogP) is 5.14. The molecule has 5 nitrogen and oxygen atoms in total. The molecule has 0 saturated carbocycles. The van der Waals surface area contributed by atoms with Gasteiger partial charge in [-0.15, -0.1) is 0 Å². The lowest BCUT2D eigenvalue weighted by molar-refractivity contribution is -0.141. The second-order valence-corrected chi connectivity index (χ2v) is 10.8. The molecular formula is C31H30F3N3O2. The molecule has 8 heteroatoms. The van der Waals surface area contributed by atoms with E-state index in [0.29, 0.717) is 19.4 Å². The van der Waals surface area contributed by atoms with Crippen LogP contribution >= 0.6 is 0 Å². The molecule has 2 aliphatic heterocycles. The van der Waals surface area contributed by atoms with E-state index in [2.05, 4.69) is 10.2 Å². The fraction of sp³-hybridized carbons (Fsp3) is 0.355. The van der Waals surface area contributed by atoms with Crippen molar-refractivity contribution in [2.75, 3.05) is 26.2 Å². The fourth-order valence-corrected chi connectivity index (χ4v) is 6.50. The van der Waals surface area contributed by atoms with E-state index in [1.54, 1.807) is 0 Å². The first-order valence-electron chi connectivity index (χ1n) is 13.4. The predicted molar refractivity (Wildman–Crippen MR) is 142 cm³/mol. The minimum absolute atomic E-state index is 0.0978. The number of benzene rings is 3. The average Bonchev–Trinajstić information content (AvgIpc) is 3.39. The van der Waals surface area contributed by atoms with Crippen molar-refractivity contribution in [1.29, 1.82) is 0 Å². The number of nitrogens with one attached hydrogen (secondary N) is 1. The topological polar surface area (TPSA) is 52.7 Å². The zero-order chi connectivity index (χ0) is 27.2. The second kappa shape index (κ2) is 9.83. The average molecular weight is 534 g/mol. The molecule has 0 aromatic heterocycles. The van der Waals surface area contributed by atoms with Crippen molar-refractivity contribution < 1.29 is 22.8 Å². The van der Waals surface area contributed by atoms with E-state index in [9.17, 15) is 22.8 Å². The Morgan fingerprint density at radius 3 is 2.08 bits per heavy atom. The zero-order valence-electron chi connectivity index (χ0n) is 21.5. The number of hydrogen-bond acceptors (Lipinski definition) is 3. The molecule has 0 spiro atoms. The fourth-order valence-electron chi connectivity index (χ4n) is 6.50. The molecule has 1 saturated heterocycles. The molecule has 202 valence electrons. The Bertz CT molecular complexity index is 1370. The van der Waals surface area contributed by atoms with Crippen LogP contribution in [0.2, 0.25) is 0 Å². The van der Waals surface area contributed by atoms with Crippen LogP contribution in [-0.2, 0) is 16.8 Å². The van der Waals surface area contributed by atoms with Crippen molar-refractivity contribution in [2.24, 2.45) is 0 Å². The molecule has 0 radical (unpaired) electrons. The third-order valence-corrected chi connectivity index (χ3v) is 8.40. The number of alkyl halides is 3. The zero-order valence-corrected chi connectivity index (χ0v) is 21.5. The van der Waals surface area contributed by atoms with Crippen LogP contribution in [0.1, 0.15) is 46.3 Å². The highest BCUT2D eigenvalue weighted by atomic mass is 19.4. The van der Waals surface area contributed by atoms with E-state index in [-0.39, 0.29) is 11.9 Å². The highest BCUT2D eigenvalue weighted by molar-refractivity contribution is 6.00. The molecule has 2 amide bonds. The first-order valence-corrected chi connectivity index (χ1v) is 13.4. The van der Waals surface area contributed by atoms with E-state index < -0.39 is 24.0 Å². The van der Waals surface area contributed by atoms with Crippen molar-refractivity contribution >= 4 is 11.8 Å². The third-order valence-electron chi connectivity index (χ3n) is 8.40. The third kappa shape index (κ3) is 4.50.